The molecule has 1 atom stereocenters. The normalized spacial score (nSPS) is 18.5. The monoisotopic (exact) mass is 281 g/mol. The molecule has 0 radical (unpaired) electrons. The van der Waals surface area contributed by atoms with Crippen LogP contribution < -0.4 is 5.32 Å². The molecule has 0 saturated carbocycles. The largest absolute Gasteiger partial charge is 0.381 e. The third kappa shape index (κ3) is 3.71. The molecule has 0 amide bonds. The fourth-order valence-electron chi connectivity index (χ4n) is 2.84. The fraction of sp³-hybridized carbons (Fsp3) is 0.625. The van der Waals surface area contributed by atoms with Gasteiger partial charge in [0, 0.05) is 24.3 Å². The van der Waals surface area contributed by atoms with Gasteiger partial charge in [0.25, 0.3) is 0 Å². The maximum atomic E-state index is 6.28. The second-order valence-corrected chi connectivity index (χ2v) is 5.74. The molecule has 0 spiro atoms. The molecule has 0 aromatic heterocycles. The zero-order chi connectivity index (χ0) is 13.7. The van der Waals surface area contributed by atoms with E-state index in [-0.39, 0.29) is 0 Å². The molecular formula is C16H24ClNO. The van der Waals surface area contributed by atoms with E-state index < -0.39 is 0 Å². The maximum Gasteiger partial charge on any atom is 0.0469 e. The van der Waals surface area contributed by atoms with Crippen LogP contribution in [0.15, 0.2) is 18.2 Å². The predicted octanol–water partition coefficient (Wildman–Crippen LogP) is 4.12. The van der Waals surface area contributed by atoms with Crippen molar-refractivity contribution < 1.29 is 4.74 Å². The lowest BCUT2D eigenvalue weighted by molar-refractivity contribution is 0.0535. The molecule has 2 rings (SSSR count). The summed E-state index contributed by atoms with van der Waals surface area (Å²) in [5, 5.41) is 4.58. The van der Waals surface area contributed by atoms with E-state index in [1.54, 1.807) is 0 Å². The third-order valence-electron chi connectivity index (χ3n) is 4.00. The number of hydrogen-bond acceptors (Lipinski definition) is 2. The third-order valence-corrected chi connectivity index (χ3v) is 4.41. The van der Waals surface area contributed by atoms with Crippen molar-refractivity contribution in [1.29, 1.82) is 0 Å². The lowest BCUT2D eigenvalue weighted by atomic mass is 9.85. The van der Waals surface area contributed by atoms with Gasteiger partial charge in [0.05, 0.1) is 0 Å². The van der Waals surface area contributed by atoms with Crippen LogP contribution in [0.5, 0.6) is 0 Å². The molecule has 0 bridgehead atoms. The van der Waals surface area contributed by atoms with E-state index in [1.807, 2.05) is 6.07 Å². The molecule has 19 heavy (non-hydrogen) atoms. The Morgan fingerprint density at radius 1 is 1.37 bits per heavy atom. The van der Waals surface area contributed by atoms with E-state index in [1.165, 1.54) is 11.1 Å². The smallest absolute Gasteiger partial charge is 0.0469 e. The highest BCUT2D eigenvalue weighted by Gasteiger charge is 2.26. The van der Waals surface area contributed by atoms with E-state index in [9.17, 15) is 0 Å². The summed E-state index contributed by atoms with van der Waals surface area (Å²) in [6.07, 6.45) is 3.42. The van der Waals surface area contributed by atoms with Gasteiger partial charge < -0.3 is 10.1 Å². The van der Waals surface area contributed by atoms with Crippen LogP contribution in [0.1, 0.15) is 43.4 Å². The number of halogens is 1. The molecule has 1 aromatic rings. The topological polar surface area (TPSA) is 21.3 Å². The Hall–Kier alpha value is -0.570. The number of ether oxygens (including phenoxy) is 1. The van der Waals surface area contributed by atoms with Gasteiger partial charge in [-0.15, -0.1) is 0 Å². The van der Waals surface area contributed by atoms with Crippen molar-refractivity contribution >= 4 is 11.6 Å². The van der Waals surface area contributed by atoms with Gasteiger partial charge in [0.1, 0.15) is 0 Å². The minimum Gasteiger partial charge on any atom is -0.381 e. The molecule has 1 fully saturated rings. The second kappa shape index (κ2) is 7.28. The van der Waals surface area contributed by atoms with E-state index in [0.29, 0.717) is 12.0 Å². The van der Waals surface area contributed by atoms with Gasteiger partial charge in [0.15, 0.2) is 0 Å². The van der Waals surface area contributed by atoms with Crippen molar-refractivity contribution in [3.63, 3.8) is 0 Å². The quantitative estimate of drug-likeness (QED) is 0.877. The number of hydrogen-bond donors (Lipinski definition) is 1. The molecule has 2 nitrogen and oxygen atoms in total. The maximum absolute atomic E-state index is 6.28. The summed E-state index contributed by atoms with van der Waals surface area (Å²) in [7, 11) is 0. The minimum atomic E-state index is 0.405. The first-order chi connectivity index (χ1) is 9.24. The molecule has 1 aromatic carbocycles. The zero-order valence-electron chi connectivity index (χ0n) is 11.9. The van der Waals surface area contributed by atoms with Gasteiger partial charge in [-0.3, -0.25) is 0 Å². The number of benzene rings is 1. The van der Waals surface area contributed by atoms with Crippen LogP contribution >= 0.6 is 11.6 Å². The Morgan fingerprint density at radius 2 is 2.11 bits per heavy atom. The van der Waals surface area contributed by atoms with E-state index in [0.717, 1.165) is 44.0 Å². The van der Waals surface area contributed by atoms with E-state index in [4.69, 9.17) is 16.3 Å². The number of nitrogens with one attached hydrogen (secondary N) is 1. The molecule has 1 aliphatic heterocycles. The van der Waals surface area contributed by atoms with Crippen LogP contribution in [0.25, 0.3) is 0 Å². The van der Waals surface area contributed by atoms with Crippen molar-refractivity contribution in [1.82, 2.24) is 5.32 Å². The zero-order valence-corrected chi connectivity index (χ0v) is 12.7. The van der Waals surface area contributed by atoms with Crippen molar-refractivity contribution in [2.45, 2.75) is 39.2 Å². The summed E-state index contributed by atoms with van der Waals surface area (Å²) in [4.78, 5) is 0. The highest BCUT2D eigenvalue weighted by Crippen LogP contribution is 2.33. The molecule has 1 aliphatic rings. The second-order valence-electron chi connectivity index (χ2n) is 5.34. The van der Waals surface area contributed by atoms with Crippen LogP contribution in [0, 0.1) is 12.8 Å². The molecule has 1 N–H and O–H groups in total. The van der Waals surface area contributed by atoms with E-state index in [2.05, 4.69) is 31.3 Å². The average molecular weight is 282 g/mol. The first kappa shape index (κ1) is 14.8. The molecule has 106 valence electrons. The van der Waals surface area contributed by atoms with Crippen LogP contribution in [0.3, 0.4) is 0 Å². The minimum absolute atomic E-state index is 0.405. The van der Waals surface area contributed by atoms with Crippen LogP contribution in [0.2, 0.25) is 5.02 Å². The predicted molar refractivity (Wildman–Crippen MR) is 80.8 cm³/mol. The summed E-state index contributed by atoms with van der Waals surface area (Å²) < 4.78 is 5.49. The molecule has 1 saturated heterocycles. The highest BCUT2D eigenvalue weighted by molar-refractivity contribution is 6.31. The first-order valence-electron chi connectivity index (χ1n) is 7.30. The lowest BCUT2D eigenvalue weighted by Gasteiger charge is -2.32. The first-order valence-corrected chi connectivity index (χ1v) is 7.68. The van der Waals surface area contributed by atoms with Gasteiger partial charge >= 0.3 is 0 Å². The molecule has 1 heterocycles. The summed E-state index contributed by atoms with van der Waals surface area (Å²) in [5.74, 6) is 0.650. The van der Waals surface area contributed by atoms with Crippen molar-refractivity contribution in [2.24, 2.45) is 5.92 Å². The van der Waals surface area contributed by atoms with Crippen LogP contribution in [-0.4, -0.2) is 19.8 Å². The van der Waals surface area contributed by atoms with Gasteiger partial charge in [0.2, 0.25) is 0 Å². The Kier molecular flexibility index (Phi) is 5.68. The van der Waals surface area contributed by atoms with Crippen molar-refractivity contribution in [3.05, 3.63) is 34.3 Å². The van der Waals surface area contributed by atoms with Crippen molar-refractivity contribution in [2.75, 3.05) is 19.8 Å². The Bertz CT molecular complexity index is 402. The lowest BCUT2D eigenvalue weighted by Crippen LogP contribution is -2.33. The van der Waals surface area contributed by atoms with Gasteiger partial charge in [-0.05, 0) is 55.8 Å². The standard InChI is InChI=1S/C16H24ClNO/c1-3-9-18-16(13-7-10-19-11-8-13)14-5-4-6-15(17)12(14)2/h4-6,13,16,18H,3,7-11H2,1-2H3. The van der Waals surface area contributed by atoms with Crippen LogP contribution in [0.4, 0.5) is 0 Å². The van der Waals surface area contributed by atoms with E-state index >= 15 is 0 Å². The average Bonchev–Trinajstić information content (AvgIpc) is 2.45. The molecular weight excluding hydrogens is 258 g/mol. The Labute approximate surface area is 121 Å². The van der Waals surface area contributed by atoms with Gasteiger partial charge in [-0.25, -0.2) is 0 Å². The number of rotatable bonds is 5. The van der Waals surface area contributed by atoms with Crippen molar-refractivity contribution in [3.8, 4) is 0 Å². The molecule has 3 heteroatoms. The fourth-order valence-corrected chi connectivity index (χ4v) is 3.02. The summed E-state index contributed by atoms with van der Waals surface area (Å²) in [5.41, 5.74) is 2.57. The van der Waals surface area contributed by atoms with Gasteiger partial charge in [-0.2, -0.15) is 0 Å². The Balaban J connectivity index is 2.22. The molecule has 1 unspecified atom stereocenters. The summed E-state index contributed by atoms with van der Waals surface area (Å²) in [6, 6.07) is 6.65. The summed E-state index contributed by atoms with van der Waals surface area (Å²) >= 11 is 6.28. The van der Waals surface area contributed by atoms with Crippen LogP contribution in [-0.2, 0) is 4.74 Å². The highest BCUT2D eigenvalue weighted by atomic mass is 35.5. The Morgan fingerprint density at radius 3 is 2.79 bits per heavy atom. The SMILES string of the molecule is CCCNC(c1cccc(Cl)c1C)C1CCOCC1. The summed E-state index contributed by atoms with van der Waals surface area (Å²) in [6.45, 7) is 7.15. The molecule has 0 aliphatic carbocycles. The van der Waals surface area contributed by atoms with Gasteiger partial charge in [-0.1, -0.05) is 30.7 Å².